The molecule has 0 radical (unpaired) electrons. The van der Waals surface area contributed by atoms with E-state index in [-0.39, 0.29) is 5.95 Å². The number of hydrogen-bond acceptors (Lipinski definition) is 1. The quantitative estimate of drug-likeness (QED) is 0.163. The number of benzene rings is 2. The summed E-state index contributed by atoms with van der Waals surface area (Å²) in [5.74, 6) is -0.363. The highest BCUT2D eigenvalue weighted by Crippen LogP contribution is 2.27. The smallest absolute Gasteiger partial charge is 0.220 e. The van der Waals surface area contributed by atoms with Gasteiger partial charge in [-0.15, -0.1) is 0 Å². The summed E-state index contributed by atoms with van der Waals surface area (Å²) >= 11 is 0. The molecule has 0 atom stereocenters. The molecule has 0 aliphatic rings. The molecule has 2 heteroatoms. The molecule has 1 heterocycles. The number of unbranched alkanes of at least 4 members (excludes halogenated alkanes) is 9. The first-order chi connectivity index (χ1) is 16.7. The van der Waals surface area contributed by atoms with Gasteiger partial charge >= 0.3 is 0 Å². The molecule has 0 unspecified atom stereocenters. The third-order valence-corrected chi connectivity index (χ3v) is 6.75. The molecule has 0 N–H and O–H groups in total. The van der Waals surface area contributed by atoms with Gasteiger partial charge in [-0.3, -0.25) is 0 Å². The summed E-state index contributed by atoms with van der Waals surface area (Å²) in [6.45, 7) is 4.48. The predicted octanol–water partition coefficient (Wildman–Crippen LogP) is 9.97. The summed E-state index contributed by atoms with van der Waals surface area (Å²) in [6, 6.07) is 21.0. The zero-order valence-corrected chi connectivity index (χ0v) is 21.3. The van der Waals surface area contributed by atoms with Gasteiger partial charge in [0.15, 0.2) is 0 Å². The monoisotopic (exact) mass is 459 g/mol. The molecule has 2 aromatic carbocycles. The fourth-order valence-corrected chi connectivity index (χ4v) is 4.55. The van der Waals surface area contributed by atoms with Crippen molar-refractivity contribution in [2.75, 3.05) is 0 Å². The molecule has 0 saturated carbocycles. The zero-order valence-electron chi connectivity index (χ0n) is 21.3. The van der Waals surface area contributed by atoms with Crippen molar-refractivity contribution in [2.45, 2.75) is 97.3 Å². The number of aromatic nitrogens is 1. The summed E-state index contributed by atoms with van der Waals surface area (Å²) in [5.41, 5.74) is 6.09. The molecule has 182 valence electrons. The van der Waals surface area contributed by atoms with Crippen LogP contribution in [0.25, 0.3) is 22.3 Å². The van der Waals surface area contributed by atoms with Crippen LogP contribution in [0.15, 0.2) is 60.7 Å². The minimum absolute atomic E-state index is 0.363. The molecule has 3 rings (SSSR count). The van der Waals surface area contributed by atoms with Gasteiger partial charge in [-0.2, -0.15) is 4.39 Å². The number of hydrogen-bond donors (Lipinski definition) is 0. The van der Waals surface area contributed by atoms with E-state index < -0.39 is 0 Å². The second kappa shape index (κ2) is 14.7. The van der Waals surface area contributed by atoms with Crippen molar-refractivity contribution in [3.8, 4) is 22.3 Å². The van der Waals surface area contributed by atoms with Crippen molar-refractivity contribution < 1.29 is 4.39 Å². The van der Waals surface area contributed by atoms with Crippen LogP contribution >= 0.6 is 0 Å². The highest BCUT2D eigenvalue weighted by molar-refractivity contribution is 5.70. The Morgan fingerprint density at radius 1 is 0.529 bits per heavy atom. The molecule has 1 nitrogen and oxygen atoms in total. The number of nitrogens with zero attached hydrogens (tertiary/aromatic N) is 1. The maximum Gasteiger partial charge on any atom is 0.220 e. The van der Waals surface area contributed by atoms with Crippen LogP contribution in [-0.2, 0) is 12.8 Å². The number of halogens is 1. The minimum Gasteiger partial charge on any atom is -0.224 e. The first-order valence-electron chi connectivity index (χ1n) is 13.6. The van der Waals surface area contributed by atoms with Gasteiger partial charge < -0.3 is 0 Å². The lowest BCUT2D eigenvalue weighted by molar-refractivity contribution is 0.573. The fourth-order valence-electron chi connectivity index (χ4n) is 4.55. The molecular formula is C32H42FN. The fraction of sp³-hybridized carbons (Fsp3) is 0.469. The average molecular weight is 460 g/mol. The lowest BCUT2D eigenvalue weighted by Crippen LogP contribution is -1.96. The van der Waals surface area contributed by atoms with Gasteiger partial charge in [-0.1, -0.05) is 120 Å². The summed E-state index contributed by atoms with van der Waals surface area (Å²) in [7, 11) is 0. The summed E-state index contributed by atoms with van der Waals surface area (Å²) < 4.78 is 14.7. The second-order valence-electron chi connectivity index (χ2n) is 9.60. The molecule has 0 bridgehead atoms. The van der Waals surface area contributed by atoms with Gasteiger partial charge in [0.2, 0.25) is 5.95 Å². The third-order valence-electron chi connectivity index (χ3n) is 6.75. The van der Waals surface area contributed by atoms with Crippen LogP contribution in [0.1, 0.15) is 95.7 Å². The number of aryl methyl sites for hydroxylation is 2. The van der Waals surface area contributed by atoms with Crippen molar-refractivity contribution in [3.63, 3.8) is 0 Å². The Labute approximate surface area is 206 Å². The Balaban J connectivity index is 1.53. The van der Waals surface area contributed by atoms with Crippen LogP contribution in [0, 0.1) is 5.95 Å². The minimum atomic E-state index is -0.363. The van der Waals surface area contributed by atoms with E-state index in [1.165, 1.54) is 75.3 Å². The zero-order chi connectivity index (χ0) is 24.0. The van der Waals surface area contributed by atoms with Gasteiger partial charge in [-0.25, -0.2) is 4.98 Å². The highest BCUT2D eigenvalue weighted by atomic mass is 19.1. The predicted molar refractivity (Wildman–Crippen MR) is 145 cm³/mol. The van der Waals surface area contributed by atoms with Crippen LogP contribution in [0.5, 0.6) is 0 Å². The van der Waals surface area contributed by atoms with Gasteiger partial charge in [0.05, 0.1) is 0 Å². The molecule has 0 aliphatic heterocycles. The van der Waals surface area contributed by atoms with Crippen molar-refractivity contribution in [1.82, 2.24) is 4.98 Å². The van der Waals surface area contributed by atoms with Gasteiger partial charge in [0.25, 0.3) is 0 Å². The third kappa shape index (κ3) is 8.38. The molecule has 0 fully saturated rings. The van der Waals surface area contributed by atoms with Crippen LogP contribution < -0.4 is 0 Å². The van der Waals surface area contributed by atoms with Crippen molar-refractivity contribution in [1.29, 1.82) is 0 Å². The Morgan fingerprint density at radius 3 is 1.62 bits per heavy atom. The molecule has 34 heavy (non-hydrogen) atoms. The molecular weight excluding hydrogens is 417 g/mol. The van der Waals surface area contributed by atoms with Crippen molar-refractivity contribution in [2.24, 2.45) is 0 Å². The maximum absolute atomic E-state index is 14.7. The van der Waals surface area contributed by atoms with Crippen LogP contribution in [-0.4, -0.2) is 4.98 Å². The topological polar surface area (TPSA) is 12.9 Å². The number of pyridine rings is 1. The van der Waals surface area contributed by atoms with E-state index in [4.69, 9.17) is 0 Å². The summed E-state index contributed by atoms with van der Waals surface area (Å²) in [6.07, 6.45) is 16.1. The van der Waals surface area contributed by atoms with E-state index >= 15 is 0 Å². The Bertz CT molecular complexity index is 959. The van der Waals surface area contributed by atoms with Crippen LogP contribution in [0.4, 0.5) is 4.39 Å². The largest absolute Gasteiger partial charge is 0.224 e. The van der Waals surface area contributed by atoms with Crippen molar-refractivity contribution in [3.05, 3.63) is 77.9 Å². The average Bonchev–Trinajstić information content (AvgIpc) is 2.87. The molecule has 0 spiro atoms. The molecule has 0 amide bonds. The van der Waals surface area contributed by atoms with Gasteiger partial charge in [0, 0.05) is 11.3 Å². The lowest BCUT2D eigenvalue weighted by atomic mass is 9.98. The molecule has 0 aliphatic carbocycles. The SMILES string of the molecule is CCCCCCCCc1ccc(-c2ccc(-c3ccc(CCCCCCC)nc3F)cc2)cc1. The molecule has 3 aromatic rings. The van der Waals surface area contributed by atoms with Gasteiger partial charge in [0.1, 0.15) is 0 Å². The van der Waals surface area contributed by atoms with Crippen LogP contribution in [0.2, 0.25) is 0 Å². The lowest BCUT2D eigenvalue weighted by Gasteiger charge is -2.08. The van der Waals surface area contributed by atoms with E-state index in [0.717, 1.165) is 36.1 Å². The first-order valence-corrected chi connectivity index (χ1v) is 13.6. The van der Waals surface area contributed by atoms with Crippen molar-refractivity contribution >= 4 is 0 Å². The van der Waals surface area contributed by atoms with E-state index in [1.807, 2.05) is 24.3 Å². The Hall–Kier alpha value is -2.48. The number of rotatable bonds is 15. The standard InChI is InChI=1S/C32H42FN/c1-3-5-7-9-11-12-14-26-16-18-27(19-17-26)28-20-22-29(23-21-28)31-25-24-30(34-32(31)33)15-13-10-8-6-4-2/h16-25H,3-15H2,1-2H3. The van der Waals surface area contributed by atoms with E-state index in [1.54, 1.807) is 0 Å². The van der Waals surface area contributed by atoms with Gasteiger partial charge in [-0.05, 0) is 60.1 Å². The van der Waals surface area contributed by atoms with E-state index in [0.29, 0.717) is 5.56 Å². The van der Waals surface area contributed by atoms with E-state index in [9.17, 15) is 4.39 Å². The molecule has 1 aromatic heterocycles. The molecule has 0 saturated heterocycles. The Morgan fingerprint density at radius 2 is 1.03 bits per heavy atom. The first kappa shape index (κ1) is 26.1. The second-order valence-corrected chi connectivity index (χ2v) is 9.60. The maximum atomic E-state index is 14.7. The highest BCUT2D eigenvalue weighted by Gasteiger charge is 2.09. The Kier molecular flexibility index (Phi) is 11.3. The van der Waals surface area contributed by atoms with E-state index in [2.05, 4.69) is 55.2 Å². The van der Waals surface area contributed by atoms with Crippen LogP contribution in [0.3, 0.4) is 0 Å². The summed E-state index contributed by atoms with van der Waals surface area (Å²) in [4.78, 5) is 4.24. The normalized spacial score (nSPS) is 11.1. The summed E-state index contributed by atoms with van der Waals surface area (Å²) in [5, 5.41) is 0.